The topological polar surface area (TPSA) is 96.4 Å². The van der Waals surface area contributed by atoms with Gasteiger partial charge in [0.1, 0.15) is 23.2 Å². The third kappa shape index (κ3) is 3.53. The van der Waals surface area contributed by atoms with Crippen LogP contribution in [-0.4, -0.2) is 71.3 Å². The number of ether oxygens (including phenoxy) is 2. The van der Waals surface area contributed by atoms with E-state index >= 15 is 0 Å². The maximum atomic E-state index is 14.4. The normalized spacial score (nSPS) is 33.6. The minimum absolute atomic E-state index is 0.118. The van der Waals surface area contributed by atoms with Gasteiger partial charge in [0.05, 0.1) is 12.5 Å². The largest absolute Gasteiger partial charge is 0.465 e. The molecule has 36 heavy (non-hydrogen) atoms. The molecule has 4 aliphatic heterocycles. The molecule has 0 aliphatic carbocycles. The Kier molecular flexibility index (Phi) is 6.29. The number of cyclic esters (lactones) is 1. The van der Waals surface area contributed by atoms with E-state index in [1.807, 2.05) is 63.3 Å². The molecule has 2 fully saturated rings. The molecule has 192 valence electrons. The van der Waals surface area contributed by atoms with Gasteiger partial charge in [0, 0.05) is 25.4 Å². The molecule has 1 unspecified atom stereocenters. The number of fused-ring (bicyclic) bond motifs is 2. The van der Waals surface area contributed by atoms with Crippen LogP contribution in [0.2, 0.25) is 0 Å². The summed E-state index contributed by atoms with van der Waals surface area (Å²) in [6.07, 6.45) is 8.91. The quantitative estimate of drug-likeness (QED) is 0.499. The van der Waals surface area contributed by atoms with Crippen LogP contribution >= 0.6 is 0 Å². The van der Waals surface area contributed by atoms with E-state index in [1.54, 1.807) is 4.90 Å². The van der Waals surface area contributed by atoms with Gasteiger partial charge >= 0.3 is 5.97 Å². The molecule has 0 aromatic heterocycles. The summed E-state index contributed by atoms with van der Waals surface area (Å²) in [5.41, 5.74) is 0.403. The Morgan fingerprint density at radius 3 is 2.64 bits per heavy atom. The molecule has 1 spiro atoms. The highest BCUT2D eigenvalue weighted by molar-refractivity contribution is 6.06. The second kappa shape index (κ2) is 9.16. The van der Waals surface area contributed by atoms with Gasteiger partial charge in [-0.25, -0.2) is 0 Å². The van der Waals surface area contributed by atoms with Crippen LogP contribution < -0.4 is 4.90 Å². The van der Waals surface area contributed by atoms with Crippen molar-refractivity contribution in [2.75, 3.05) is 31.2 Å². The maximum Gasteiger partial charge on any atom is 0.313 e. The van der Waals surface area contributed by atoms with Gasteiger partial charge in [-0.1, -0.05) is 43.4 Å². The van der Waals surface area contributed by atoms with Gasteiger partial charge in [-0.3, -0.25) is 14.4 Å². The molecule has 4 heterocycles. The number of carbonyl (C=O) groups excluding carboxylic acids is 3. The predicted molar refractivity (Wildman–Crippen MR) is 133 cm³/mol. The third-order valence-corrected chi connectivity index (χ3v) is 8.11. The highest BCUT2D eigenvalue weighted by Crippen LogP contribution is 2.58. The molecule has 8 nitrogen and oxygen atoms in total. The monoisotopic (exact) mass is 494 g/mol. The number of likely N-dealkylation sites (tertiary alicyclic amines) is 1. The number of hydrogen-bond donors (Lipinski definition) is 1. The predicted octanol–water partition coefficient (Wildman–Crippen LogP) is 2.45. The lowest BCUT2D eigenvalue weighted by molar-refractivity contribution is -0.160. The van der Waals surface area contributed by atoms with E-state index in [0.29, 0.717) is 25.8 Å². The maximum absolute atomic E-state index is 14.4. The first kappa shape index (κ1) is 24.7. The summed E-state index contributed by atoms with van der Waals surface area (Å²) in [5.74, 6) is -2.77. The standard InChI is InChI=1S/C28H34N2O6/c1-4-27-11-5-6-16-35-26(34)22(27)21-24(32)30(14-8-15-31)23-25(33)29(13-7-12-28(21,23)36-27)20-17-18(2)9-10-19(20)3/h5,7,9-12,17,21-23,31H,4,6,8,13-16H2,1-3H3/t21-,22-,23?,27+,28-/m0/s1. The molecule has 0 bridgehead atoms. The van der Waals surface area contributed by atoms with Crippen LogP contribution in [0.15, 0.2) is 42.5 Å². The van der Waals surface area contributed by atoms with Crippen molar-refractivity contribution in [3.05, 3.63) is 53.6 Å². The van der Waals surface area contributed by atoms with Crippen molar-refractivity contribution in [2.45, 2.75) is 57.3 Å². The van der Waals surface area contributed by atoms with Crippen LogP contribution in [0.1, 0.15) is 37.3 Å². The van der Waals surface area contributed by atoms with Crippen LogP contribution in [0.5, 0.6) is 0 Å². The Bertz CT molecular complexity index is 1140. The lowest BCUT2D eigenvalue weighted by atomic mass is 9.73. The highest BCUT2D eigenvalue weighted by atomic mass is 16.6. The summed E-state index contributed by atoms with van der Waals surface area (Å²) in [6.45, 7) is 6.50. The number of benzene rings is 1. The van der Waals surface area contributed by atoms with E-state index in [-0.39, 0.29) is 31.6 Å². The van der Waals surface area contributed by atoms with E-state index in [1.165, 1.54) is 4.90 Å². The van der Waals surface area contributed by atoms with Gasteiger partial charge in [-0.15, -0.1) is 0 Å². The van der Waals surface area contributed by atoms with Gasteiger partial charge in [-0.05, 0) is 50.3 Å². The van der Waals surface area contributed by atoms with E-state index < -0.39 is 35.0 Å². The SMILES string of the molecule is CC[C@@]12C=CCCOC(=O)[C@@H]1[C@H]1C(=O)N(CCCO)C3C(=O)N(c4cc(C)ccc4C)CC=C[C@@]31O2. The number of nitrogens with zero attached hydrogens (tertiary/aromatic N) is 2. The number of aliphatic hydroxyl groups excluding tert-OH is 1. The second-order valence-corrected chi connectivity index (χ2v) is 10.2. The van der Waals surface area contributed by atoms with Gasteiger partial charge in [0.2, 0.25) is 5.91 Å². The second-order valence-electron chi connectivity index (χ2n) is 10.2. The van der Waals surface area contributed by atoms with E-state index in [0.717, 1.165) is 16.8 Å². The first-order valence-electron chi connectivity index (χ1n) is 12.8. The van der Waals surface area contributed by atoms with Gasteiger partial charge < -0.3 is 24.4 Å². The van der Waals surface area contributed by atoms with Crippen LogP contribution in [0.3, 0.4) is 0 Å². The molecule has 2 saturated heterocycles. The average molecular weight is 495 g/mol. The lowest BCUT2D eigenvalue weighted by Crippen LogP contribution is -2.56. The summed E-state index contributed by atoms with van der Waals surface area (Å²) in [5, 5.41) is 9.54. The fourth-order valence-electron chi connectivity index (χ4n) is 6.44. The van der Waals surface area contributed by atoms with Crippen molar-refractivity contribution in [1.29, 1.82) is 0 Å². The molecular weight excluding hydrogens is 460 g/mol. The van der Waals surface area contributed by atoms with E-state index in [9.17, 15) is 19.5 Å². The zero-order valence-corrected chi connectivity index (χ0v) is 21.1. The number of esters is 1. The highest BCUT2D eigenvalue weighted by Gasteiger charge is 2.75. The summed E-state index contributed by atoms with van der Waals surface area (Å²) < 4.78 is 12.4. The molecule has 2 amide bonds. The number of amides is 2. The molecule has 1 aromatic rings. The summed E-state index contributed by atoms with van der Waals surface area (Å²) in [7, 11) is 0. The van der Waals surface area contributed by atoms with Crippen LogP contribution in [0, 0.1) is 25.7 Å². The van der Waals surface area contributed by atoms with Crippen molar-refractivity contribution < 1.29 is 29.0 Å². The van der Waals surface area contributed by atoms with Crippen molar-refractivity contribution in [1.82, 2.24) is 4.90 Å². The summed E-state index contributed by atoms with van der Waals surface area (Å²) in [4.78, 5) is 45.0. The number of aliphatic hydroxyl groups is 1. The van der Waals surface area contributed by atoms with Crippen LogP contribution in [0.25, 0.3) is 0 Å². The Balaban J connectivity index is 1.67. The average Bonchev–Trinajstić information content (AvgIpc) is 3.19. The Labute approximate surface area is 211 Å². The smallest absolute Gasteiger partial charge is 0.313 e. The molecule has 8 heteroatoms. The molecule has 1 N–H and O–H groups in total. The molecular formula is C28H34N2O6. The van der Waals surface area contributed by atoms with Gasteiger partial charge in [0.25, 0.3) is 5.91 Å². The van der Waals surface area contributed by atoms with Gasteiger partial charge in [-0.2, -0.15) is 0 Å². The van der Waals surface area contributed by atoms with E-state index in [4.69, 9.17) is 9.47 Å². The fraction of sp³-hybridized carbons (Fsp3) is 0.536. The first-order valence-corrected chi connectivity index (χ1v) is 12.8. The summed E-state index contributed by atoms with van der Waals surface area (Å²) in [6, 6.07) is 5.00. The number of carbonyl (C=O) groups is 3. The van der Waals surface area contributed by atoms with Gasteiger partial charge in [0.15, 0.2) is 0 Å². The Hall–Kier alpha value is -2.97. The minimum atomic E-state index is -1.32. The molecule has 0 radical (unpaired) electrons. The molecule has 5 rings (SSSR count). The number of rotatable bonds is 5. The summed E-state index contributed by atoms with van der Waals surface area (Å²) >= 11 is 0. The Morgan fingerprint density at radius 2 is 1.89 bits per heavy atom. The fourth-order valence-corrected chi connectivity index (χ4v) is 6.44. The Morgan fingerprint density at radius 1 is 1.08 bits per heavy atom. The van der Waals surface area contributed by atoms with Crippen LogP contribution in [-0.2, 0) is 23.9 Å². The molecule has 5 atom stereocenters. The molecule has 0 saturated carbocycles. The van der Waals surface area contributed by atoms with Crippen molar-refractivity contribution in [2.24, 2.45) is 11.8 Å². The zero-order chi connectivity index (χ0) is 25.7. The first-order chi connectivity index (χ1) is 17.3. The van der Waals surface area contributed by atoms with Crippen molar-refractivity contribution in [3.63, 3.8) is 0 Å². The molecule has 4 aliphatic rings. The minimum Gasteiger partial charge on any atom is -0.465 e. The van der Waals surface area contributed by atoms with Crippen molar-refractivity contribution >= 4 is 23.5 Å². The lowest BCUT2D eigenvalue weighted by Gasteiger charge is -2.39. The number of aryl methyl sites for hydroxylation is 2. The molecule has 1 aromatic carbocycles. The number of anilines is 1. The van der Waals surface area contributed by atoms with Crippen LogP contribution in [0.4, 0.5) is 5.69 Å². The van der Waals surface area contributed by atoms with Crippen molar-refractivity contribution in [3.8, 4) is 0 Å². The zero-order valence-electron chi connectivity index (χ0n) is 21.1. The third-order valence-electron chi connectivity index (χ3n) is 8.11. The van der Waals surface area contributed by atoms with E-state index in [2.05, 4.69) is 0 Å². The number of hydrogen-bond acceptors (Lipinski definition) is 6.